The minimum atomic E-state index is -0.318. The van der Waals surface area contributed by atoms with Gasteiger partial charge in [0, 0.05) is 5.56 Å². The van der Waals surface area contributed by atoms with E-state index in [1.54, 1.807) is 6.21 Å². The number of carbonyl (C=O) groups is 1. The number of nitrogens with one attached hydrogen (secondary N) is 1. The van der Waals surface area contributed by atoms with Crippen LogP contribution in [0.3, 0.4) is 0 Å². The van der Waals surface area contributed by atoms with Crippen LogP contribution in [-0.4, -0.2) is 25.3 Å². The van der Waals surface area contributed by atoms with Crippen molar-refractivity contribution >= 4 is 22.9 Å². The Labute approximate surface area is 184 Å². The first kappa shape index (κ1) is 22.3. The Morgan fingerprint density at radius 1 is 0.968 bits per heavy atom. The van der Waals surface area contributed by atoms with Crippen LogP contribution in [0.25, 0.3) is 10.8 Å². The van der Waals surface area contributed by atoms with E-state index >= 15 is 0 Å². The van der Waals surface area contributed by atoms with Crippen LogP contribution < -0.4 is 14.9 Å². The summed E-state index contributed by atoms with van der Waals surface area (Å²) in [5.74, 6) is 1.09. The van der Waals surface area contributed by atoms with Gasteiger partial charge in [0.05, 0.1) is 12.8 Å². The molecule has 0 bridgehead atoms. The van der Waals surface area contributed by atoms with E-state index in [2.05, 4.69) is 29.6 Å². The van der Waals surface area contributed by atoms with Gasteiger partial charge in [0.1, 0.15) is 11.5 Å². The van der Waals surface area contributed by atoms with Crippen LogP contribution >= 0.6 is 0 Å². The number of fused-ring (bicyclic) bond motifs is 1. The Bertz CT molecular complexity index is 1010. The highest BCUT2D eigenvalue weighted by Crippen LogP contribution is 2.26. The van der Waals surface area contributed by atoms with Crippen molar-refractivity contribution in [3.8, 4) is 11.5 Å². The maximum absolute atomic E-state index is 12.1. The summed E-state index contributed by atoms with van der Waals surface area (Å²) in [7, 11) is 0. The van der Waals surface area contributed by atoms with Crippen LogP contribution in [0.4, 0.5) is 0 Å². The van der Waals surface area contributed by atoms with Crippen LogP contribution in [0.2, 0.25) is 0 Å². The molecule has 5 heteroatoms. The first-order chi connectivity index (χ1) is 15.2. The van der Waals surface area contributed by atoms with Gasteiger partial charge >= 0.3 is 0 Å². The molecule has 31 heavy (non-hydrogen) atoms. The van der Waals surface area contributed by atoms with Crippen molar-refractivity contribution in [3.63, 3.8) is 0 Å². The second-order valence-corrected chi connectivity index (χ2v) is 7.31. The number of hydrogen-bond acceptors (Lipinski definition) is 4. The molecule has 3 aromatic carbocycles. The van der Waals surface area contributed by atoms with E-state index in [1.165, 1.54) is 24.8 Å². The van der Waals surface area contributed by atoms with E-state index in [1.807, 2.05) is 55.5 Å². The zero-order valence-electron chi connectivity index (χ0n) is 18.3. The van der Waals surface area contributed by atoms with E-state index in [9.17, 15) is 4.79 Å². The van der Waals surface area contributed by atoms with Gasteiger partial charge in [-0.05, 0) is 54.3 Å². The lowest BCUT2D eigenvalue weighted by Crippen LogP contribution is -2.24. The first-order valence-electron chi connectivity index (χ1n) is 10.9. The molecule has 5 nitrogen and oxygen atoms in total. The predicted octanol–water partition coefficient (Wildman–Crippen LogP) is 5.50. The van der Waals surface area contributed by atoms with Crippen molar-refractivity contribution in [3.05, 3.63) is 71.8 Å². The molecular weight excluding hydrogens is 388 g/mol. The van der Waals surface area contributed by atoms with E-state index in [4.69, 9.17) is 9.47 Å². The first-order valence-corrected chi connectivity index (χ1v) is 10.9. The van der Waals surface area contributed by atoms with Crippen molar-refractivity contribution in [1.29, 1.82) is 0 Å². The molecule has 162 valence electrons. The molecule has 0 spiro atoms. The number of hydrogen-bond donors (Lipinski definition) is 1. The highest BCUT2D eigenvalue weighted by Gasteiger charge is 2.07. The van der Waals surface area contributed by atoms with Gasteiger partial charge in [-0.25, -0.2) is 5.43 Å². The third kappa shape index (κ3) is 6.57. The van der Waals surface area contributed by atoms with Gasteiger partial charge in [0.15, 0.2) is 6.61 Å². The van der Waals surface area contributed by atoms with Crippen molar-refractivity contribution in [1.82, 2.24) is 5.43 Å². The number of nitrogens with zero attached hydrogens (tertiary/aromatic N) is 1. The zero-order valence-corrected chi connectivity index (χ0v) is 18.3. The minimum Gasteiger partial charge on any atom is -0.493 e. The lowest BCUT2D eigenvalue weighted by Gasteiger charge is -2.10. The van der Waals surface area contributed by atoms with Gasteiger partial charge in [0.25, 0.3) is 5.91 Å². The number of carbonyl (C=O) groups excluding carboxylic acids is 1. The van der Waals surface area contributed by atoms with Gasteiger partial charge in [-0.3, -0.25) is 4.79 Å². The fourth-order valence-electron chi connectivity index (χ4n) is 3.37. The number of amides is 1. The van der Waals surface area contributed by atoms with Crippen molar-refractivity contribution in [2.75, 3.05) is 13.2 Å². The van der Waals surface area contributed by atoms with Gasteiger partial charge < -0.3 is 9.47 Å². The van der Waals surface area contributed by atoms with Crippen LogP contribution in [0.1, 0.15) is 44.2 Å². The molecule has 0 aliphatic rings. The van der Waals surface area contributed by atoms with Gasteiger partial charge in [-0.1, -0.05) is 62.2 Å². The summed E-state index contributed by atoms with van der Waals surface area (Å²) >= 11 is 0. The molecule has 0 atom stereocenters. The maximum Gasteiger partial charge on any atom is 0.277 e. The summed E-state index contributed by atoms with van der Waals surface area (Å²) in [6.07, 6.45) is 6.34. The van der Waals surface area contributed by atoms with E-state index < -0.39 is 0 Å². The summed E-state index contributed by atoms with van der Waals surface area (Å²) in [6.45, 7) is 4.59. The number of unbranched alkanes of at least 4 members (excludes halogenated alkanes) is 2. The Balaban J connectivity index is 1.55. The molecule has 0 radical (unpaired) electrons. The summed E-state index contributed by atoms with van der Waals surface area (Å²) in [5.41, 5.74) is 4.65. The number of hydrazone groups is 1. The Hall–Kier alpha value is -3.34. The van der Waals surface area contributed by atoms with Gasteiger partial charge in [0.2, 0.25) is 0 Å². The van der Waals surface area contributed by atoms with Crippen molar-refractivity contribution < 1.29 is 14.3 Å². The summed E-state index contributed by atoms with van der Waals surface area (Å²) in [6, 6.07) is 19.8. The molecule has 0 unspecified atom stereocenters. The average molecular weight is 419 g/mol. The Kier molecular flexibility index (Phi) is 8.47. The maximum atomic E-state index is 12.1. The van der Waals surface area contributed by atoms with Gasteiger partial charge in [-0.2, -0.15) is 5.10 Å². The summed E-state index contributed by atoms with van der Waals surface area (Å²) in [4.78, 5) is 12.1. The smallest absolute Gasteiger partial charge is 0.277 e. The second kappa shape index (κ2) is 11.7. The Morgan fingerprint density at radius 3 is 2.55 bits per heavy atom. The molecule has 0 fully saturated rings. The molecule has 0 saturated carbocycles. The van der Waals surface area contributed by atoms with Crippen LogP contribution in [0, 0.1) is 0 Å². The van der Waals surface area contributed by atoms with Crippen LogP contribution in [-0.2, 0) is 11.2 Å². The largest absolute Gasteiger partial charge is 0.493 e. The molecule has 1 amide bonds. The molecule has 0 aliphatic carbocycles. The van der Waals surface area contributed by atoms with E-state index in [-0.39, 0.29) is 12.5 Å². The third-order valence-electron chi connectivity index (χ3n) is 4.98. The van der Waals surface area contributed by atoms with Crippen LogP contribution in [0.15, 0.2) is 65.8 Å². The topological polar surface area (TPSA) is 59.9 Å². The second-order valence-electron chi connectivity index (χ2n) is 7.31. The fourth-order valence-corrected chi connectivity index (χ4v) is 3.37. The number of aryl methyl sites for hydroxylation is 1. The number of rotatable bonds is 11. The monoisotopic (exact) mass is 418 g/mol. The standard InChI is InChI=1S/C26H30N2O3/c1-3-5-6-9-20-12-15-22(16-13-20)31-19-26(29)28-27-18-24-23-11-8-7-10-21(23)14-17-25(24)30-4-2/h7-8,10-18H,3-6,9,19H2,1-2H3,(H,28,29). The van der Waals surface area contributed by atoms with Gasteiger partial charge in [-0.15, -0.1) is 0 Å². The lowest BCUT2D eigenvalue weighted by molar-refractivity contribution is -0.123. The van der Waals surface area contributed by atoms with Crippen molar-refractivity contribution in [2.24, 2.45) is 5.10 Å². The molecular formula is C26H30N2O3. The molecule has 3 aromatic rings. The summed E-state index contributed by atoms with van der Waals surface area (Å²) < 4.78 is 11.3. The van der Waals surface area contributed by atoms with Crippen LogP contribution in [0.5, 0.6) is 11.5 Å². The minimum absolute atomic E-state index is 0.0968. The lowest BCUT2D eigenvalue weighted by atomic mass is 10.0. The molecule has 1 N–H and O–H groups in total. The van der Waals surface area contributed by atoms with E-state index in [0.717, 1.165) is 28.5 Å². The van der Waals surface area contributed by atoms with Crippen molar-refractivity contribution in [2.45, 2.75) is 39.5 Å². The fraction of sp³-hybridized carbons (Fsp3) is 0.308. The number of benzene rings is 3. The SMILES string of the molecule is CCCCCc1ccc(OCC(=O)NN=Cc2c(OCC)ccc3ccccc23)cc1. The predicted molar refractivity (Wildman–Crippen MR) is 126 cm³/mol. The normalized spacial score (nSPS) is 11.0. The highest BCUT2D eigenvalue weighted by atomic mass is 16.5. The third-order valence-corrected chi connectivity index (χ3v) is 4.98. The molecule has 0 aromatic heterocycles. The molecule has 3 rings (SSSR count). The number of ether oxygens (including phenoxy) is 2. The highest BCUT2D eigenvalue weighted by molar-refractivity contribution is 6.02. The summed E-state index contributed by atoms with van der Waals surface area (Å²) in [5, 5.41) is 6.22. The Morgan fingerprint density at radius 2 is 1.77 bits per heavy atom. The van der Waals surface area contributed by atoms with E-state index in [0.29, 0.717) is 12.4 Å². The average Bonchev–Trinajstić information content (AvgIpc) is 2.80. The molecule has 0 saturated heterocycles. The molecule has 0 aliphatic heterocycles. The quantitative estimate of drug-likeness (QED) is 0.254. The molecule has 0 heterocycles. The zero-order chi connectivity index (χ0) is 21.9.